The lowest BCUT2D eigenvalue weighted by Gasteiger charge is -2.36. The van der Waals surface area contributed by atoms with Crippen molar-refractivity contribution < 1.29 is 29.4 Å². The first-order valence-corrected chi connectivity index (χ1v) is 18.6. The first kappa shape index (κ1) is 40.2. The number of hydrazine groups is 1. The Balaban J connectivity index is 1.57. The highest BCUT2D eigenvalue weighted by atomic mass is 32.1. The van der Waals surface area contributed by atoms with E-state index in [0.717, 1.165) is 21.8 Å². The van der Waals surface area contributed by atoms with Gasteiger partial charge in [0.25, 0.3) is 5.91 Å². The Hall–Kier alpha value is -4.53. The predicted molar refractivity (Wildman–Crippen MR) is 200 cm³/mol. The van der Waals surface area contributed by atoms with Gasteiger partial charge in [0.2, 0.25) is 5.91 Å². The Morgan fingerprint density at radius 1 is 1.00 bits per heavy atom. The van der Waals surface area contributed by atoms with Crippen molar-refractivity contribution in [2.45, 2.75) is 91.7 Å². The zero-order valence-corrected chi connectivity index (χ0v) is 31.7. The second-order valence-electron chi connectivity index (χ2n) is 14.6. The van der Waals surface area contributed by atoms with E-state index in [-0.39, 0.29) is 37.4 Å². The third-order valence-electron chi connectivity index (χ3n) is 9.30. The summed E-state index contributed by atoms with van der Waals surface area (Å²) >= 11 is 1.48. The fourth-order valence-electron chi connectivity index (χ4n) is 6.35. The maximum Gasteiger partial charge on any atom is 0.405 e. The SMILES string of the molecule is CC[C@H](C)[C@@H](C(=O)N[C@@H](Cc1ccccc1)[C@@H](O)CN(Cc1cccs1)NC(=O)[C@@H](NC(=O)O)C(C)(C)C)N1CCN(Cc2cccc(C)n2)C1=O. The molecule has 52 heavy (non-hydrogen) atoms. The number of carboxylic acid groups (broad SMARTS) is 1. The van der Waals surface area contributed by atoms with Crippen molar-refractivity contribution in [3.05, 3.63) is 87.9 Å². The standard InChI is InChI=1S/C38H53N7O6S/c1-7-25(2)32(45-19-18-43(37(45)51)22-28-16-11-13-26(3)39-28)34(47)40-30(21-27-14-9-8-10-15-27)31(46)24-44(23-29-17-12-20-52-29)42-35(48)33(38(4,5)6)41-36(49)50/h8-17,20,25,30-33,41,46H,7,18-19,21-24H2,1-6H3,(H,40,47)(H,42,48)(H,49,50)/t25-,30-,31-,32-,33+/m0/s1. The van der Waals surface area contributed by atoms with Gasteiger partial charge < -0.3 is 30.6 Å². The van der Waals surface area contributed by atoms with Crippen molar-refractivity contribution in [1.29, 1.82) is 0 Å². The number of urea groups is 1. The van der Waals surface area contributed by atoms with E-state index in [1.807, 2.05) is 86.8 Å². The maximum absolute atomic E-state index is 14.3. The van der Waals surface area contributed by atoms with Crippen molar-refractivity contribution in [3.8, 4) is 0 Å². The summed E-state index contributed by atoms with van der Waals surface area (Å²) < 4.78 is 0. The molecule has 4 rings (SSSR count). The normalized spacial score (nSPS) is 16.3. The van der Waals surface area contributed by atoms with Crippen LogP contribution in [0.3, 0.4) is 0 Å². The van der Waals surface area contributed by atoms with Crippen molar-refractivity contribution in [1.82, 2.24) is 35.9 Å². The van der Waals surface area contributed by atoms with Crippen molar-refractivity contribution in [2.75, 3.05) is 19.6 Å². The van der Waals surface area contributed by atoms with Crippen molar-refractivity contribution >= 4 is 35.3 Å². The van der Waals surface area contributed by atoms with Gasteiger partial charge in [0.15, 0.2) is 0 Å². The van der Waals surface area contributed by atoms with E-state index in [4.69, 9.17) is 0 Å². The molecule has 0 radical (unpaired) electrons. The lowest BCUT2D eigenvalue weighted by atomic mass is 9.86. The van der Waals surface area contributed by atoms with Gasteiger partial charge in [-0.3, -0.25) is 20.0 Å². The van der Waals surface area contributed by atoms with Gasteiger partial charge in [-0.1, -0.05) is 83.5 Å². The van der Waals surface area contributed by atoms with Crippen LogP contribution in [0.5, 0.6) is 0 Å². The molecule has 0 spiro atoms. The molecule has 1 aliphatic heterocycles. The number of carbonyl (C=O) groups excluding carboxylic acids is 3. The Morgan fingerprint density at radius 3 is 2.35 bits per heavy atom. The lowest BCUT2D eigenvalue weighted by Crippen LogP contribution is -2.60. The van der Waals surface area contributed by atoms with Gasteiger partial charge in [0.05, 0.1) is 30.9 Å². The topological polar surface area (TPSA) is 167 Å². The van der Waals surface area contributed by atoms with Crippen LogP contribution < -0.4 is 16.1 Å². The predicted octanol–water partition coefficient (Wildman–Crippen LogP) is 4.41. The quantitative estimate of drug-likeness (QED) is 0.127. The molecule has 0 unspecified atom stereocenters. The molecule has 0 saturated carbocycles. The van der Waals surface area contributed by atoms with Gasteiger partial charge in [-0.15, -0.1) is 11.3 Å². The highest BCUT2D eigenvalue weighted by Crippen LogP contribution is 2.24. The molecule has 1 fully saturated rings. The Morgan fingerprint density at radius 2 is 1.73 bits per heavy atom. The molecular weight excluding hydrogens is 683 g/mol. The van der Waals surface area contributed by atoms with E-state index in [1.54, 1.807) is 35.6 Å². The first-order valence-electron chi connectivity index (χ1n) is 17.7. The number of hydrogen-bond donors (Lipinski definition) is 5. The molecule has 1 aliphatic rings. The second kappa shape index (κ2) is 18.3. The number of carbonyl (C=O) groups is 4. The number of benzene rings is 1. The van der Waals surface area contributed by atoms with Crippen LogP contribution in [0.1, 0.15) is 62.9 Å². The lowest BCUT2D eigenvalue weighted by molar-refractivity contribution is -0.132. The number of aliphatic hydroxyl groups is 1. The third kappa shape index (κ3) is 11.2. The number of aryl methyl sites for hydroxylation is 1. The van der Waals surface area contributed by atoms with Gasteiger partial charge in [-0.25, -0.2) is 14.6 Å². The van der Waals surface area contributed by atoms with Crippen LogP contribution in [0.4, 0.5) is 9.59 Å². The van der Waals surface area contributed by atoms with Crippen LogP contribution in [-0.4, -0.2) is 97.8 Å². The van der Waals surface area contributed by atoms with E-state index in [2.05, 4.69) is 21.0 Å². The summed E-state index contributed by atoms with van der Waals surface area (Å²) in [6.45, 7) is 12.4. The fourth-order valence-corrected chi connectivity index (χ4v) is 7.07. The Labute approximate surface area is 310 Å². The highest BCUT2D eigenvalue weighted by Gasteiger charge is 2.41. The third-order valence-corrected chi connectivity index (χ3v) is 10.2. The van der Waals surface area contributed by atoms with E-state index < -0.39 is 41.6 Å². The van der Waals surface area contributed by atoms with Crippen LogP contribution in [0.25, 0.3) is 0 Å². The molecule has 3 aromatic rings. The van der Waals surface area contributed by atoms with Crippen molar-refractivity contribution in [3.63, 3.8) is 0 Å². The fraction of sp³-hybridized carbons (Fsp3) is 0.500. The summed E-state index contributed by atoms with van der Waals surface area (Å²) in [5.74, 6) is -1.12. The van der Waals surface area contributed by atoms with E-state index in [1.165, 1.54) is 11.3 Å². The van der Waals surface area contributed by atoms with Gasteiger partial charge >= 0.3 is 12.1 Å². The average molecular weight is 736 g/mol. The number of pyridine rings is 1. The summed E-state index contributed by atoms with van der Waals surface area (Å²) in [4.78, 5) is 62.0. The summed E-state index contributed by atoms with van der Waals surface area (Å²) in [6, 6.07) is 16.1. The monoisotopic (exact) mass is 735 g/mol. The molecular formula is C38H53N7O6S. The molecule has 2 aromatic heterocycles. The summed E-state index contributed by atoms with van der Waals surface area (Å²) in [5, 5.41) is 30.2. The number of hydrogen-bond acceptors (Lipinski definition) is 8. The zero-order valence-electron chi connectivity index (χ0n) is 30.9. The molecule has 0 aliphatic carbocycles. The molecule has 13 nitrogen and oxygen atoms in total. The zero-order chi connectivity index (χ0) is 38.0. The summed E-state index contributed by atoms with van der Waals surface area (Å²) in [6.07, 6.45) is -1.58. The van der Waals surface area contributed by atoms with Crippen LogP contribution in [-0.2, 0) is 29.1 Å². The molecule has 5 amide bonds. The highest BCUT2D eigenvalue weighted by molar-refractivity contribution is 7.09. The average Bonchev–Trinajstić information content (AvgIpc) is 3.72. The summed E-state index contributed by atoms with van der Waals surface area (Å²) in [5.41, 5.74) is 4.61. The molecule has 282 valence electrons. The van der Waals surface area contributed by atoms with Gasteiger partial charge in [-0.05, 0) is 53.8 Å². The Kier molecular flexibility index (Phi) is 14.2. The van der Waals surface area contributed by atoms with Crippen molar-refractivity contribution in [2.24, 2.45) is 11.3 Å². The van der Waals surface area contributed by atoms with E-state index in [9.17, 15) is 29.4 Å². The molecule has 5 N–H and O–H groups in total. The number of nitrogens with zero attached hydrogens (tertiary/aromatic N) is 4. The van der Waals surface area contributed by atoms with E-state index in [0.29, 0.717) is 26.1 Å². The van der Waals surface area contributed by atoms with Gasteiger partial charge in [0, 0.05) is 30.2 Å². The second-order valence-corrected chi connectivity index (χ2v) is 15.6. The molecule has 1 saturated heterocycles. The molecule has 3 heterocycles. The number of nitrogens with one attached hydrogen (secondary N) is 3. The van der Waals surface area contributed by atoms with Crippen LogP contribution >= 0.6 is 11.3 Å². The number of amides is 5. The minimum Gasteiger partial charge on any atom is -0.465 e. The number of aliphatic hydroxyl groups excluding tert-OH is 1. The minimum atomic E-state index is -1.33. The minimum absolute atomic E-state index is 0.0841. The summed E-state index contributed by atoms with van der Waals surface area (Å²) in [7, 11) is 0. The van der Waals surface area contributed by atoms with Crippen LogP contribution in [0.2, 0.25) is 0 Å². The number of aromatic nitrogens is 1. The van der Waals surface area contributed by atoms with Gasteiger partial charge in [0.1, 0.15) is 12.1 Å². The van der Waals surface area contributed by atoms with Crippen LogP contribution in [0.15, 0.2) is 66.0 Å². The van der Waals surface area contributed by atoms with Crippen LogP contribution in [0, 0.1) is 18.3 Å². The number of thiophene rings is 1. The van der Waals surface area contributed by atoms with E-state index >= 15 is 0 Å². The molecule has 0 bridgehead atoms. The molecule has 1 aromatic carbocycles. The largest absolute Gasteiger partial charge is 0.465 e. The van der Waals surface area contributed by atoms with Gasteiger partial charge in [-0.2, -0.15) is 0 Å². The maximum atomic E-state index is 14.3. The smallest absolute Gasteiger partial charge is 0.405 e. The number of rotatable bonds is 17. The Bertz CT molecular complexity index is 1630. The first-order chi connectivity index (χ1) is 24.7. The molecule has 14 heteroatoms. The molecule has 5 atom stereocenters.